The molecule has 0 spiro atoms. The Labute approximate surface area is 181 Å². The van der Waals surface area contributed by atoms with Crippen molar-refractivity contribution in [2.45, 2.75) is 52.1 Å². The van der Waals surface area contributed by atoms with E-state index in [0.717, 1.165) is 36.6 Å². The first-order valence-corrected chi connectivity index (χ1v) is 11.3. The highest BCUT2D eigenvalue weighted by atomic mass is 16.5. The predicted molar refractivity (Wildman–Crippen MR) is 120 cm³/mol. The lowest BCUT2D eigenvalue weighted by atomic mass is 9.88. The molecule has 0 N–H and O–H groups in total. The largest absolute Gasteiger partial charge is 0.489 e. The number of hydrogen-bond donors (Lipinski definition) is 0. The second-order valence-corrected chi connectivity index (χ2v) is 9.58. The van der Waals surface area contributed by atoms with Gasteiger partial charge in [-0.05, 0) is 76.0 Å². The van der Waals surface area contributed by atoms with Gasteiger partial charge < -0.3 is 14.4 Å². The highest BCUT2D eigenvalue weighted by Crippen LogP contribution is 2.35. The van der Waals surface area contributed by atoms with Crippen molar-refractivity contribution < 1.29 is 9.47 Å². The summed E-state index contributed by atoms with van der Waals surface area (Å²) in [5.41, 5.74) is 1.26. The van der Waals surface area contributed by atoms with Crippen molar-refractivity contribution in [3.8, 4) is 17.4 Å². The molecule has 0 amide bonds. The van der Waals surface area contributed by atoms with E-state index in [1.807, 2.05) is 36.5 Å². The Morgan fingerprint density at radius 3 is 2.57 bits per heavy atom. The highest BCUT2D eigenvalue weighted by Gasteiger charge is 2.26. The molecule has 2 aliphatic heterocycles. The van der Waals surface area contributed by atoms with Gasteiger partial charge in [0.05, 0.1) is 6.61 Å². The number of likely N-dealkylation sites (tertiary alicyclic amines) is 1. The Morgan fingerprint density at radius 1 is 1.00 bits per heavy atom. The Morgan fingerprint density at radius 2 is 1.77 bits per heavy atom. The quantitative estimate of drug-likeness (QED) is 0.665. The fourth-order valence-electron chi connectivity index (χ4n) is 4.47. The van der Waals surface area contributed by atoms with E-state index in [9.17, 15) is 0 Å². The molecule has 4 rings (SSSR count). The molecule has 1 fully saturated rings. The third-order valence-electron chi connectivity index (χ3n) is 6.40. The van der Waals surface area contributed by atoms with Crippen molar-refractivity contribution in [1.82, 2.24) is 14.8 Å². The molecule has 1 aromatic carbocycles. The average molecular weight is 410 g/mol. The van der Waals surface area contributed by atoms with Crippen LogP contribution in [0.2, 0.25) is 0 Å². The number of nitrogens with zero attached hydrogens (tertiary/aromatic N) is 3. The highest BCUT2D eigenvalue weighted by molar-refractivity contribution is 5.43. The molecular weight excluding hydrogens is 374 g/mol. The van der Waals surface area contributed by atoms with Crippen LogP contribution in [-0.4, -0.2) is 54.1 Å². The van der Waals surface area contributed by atoms with Crippen LogP contribution in [0, 0.1) is 5.41 Å². The number of benzene rings is 1. The van der Waals surface area contributed by atoms with Crippen molar-refractivity contribution in [2.24, 2.45) is 5.41 Å². The lowest BCUT2D eigenvalue weighted by molar-refractivity contribution is 0.103. The van der Waals surface area contributed by atoms with Crippen molar-refractivity contribution in [1.29, 1.82) is 0 Å². The van der Waals surface area contributed by atoms with Crippen LogP contribution < -0.4 is 9.47 Å². The molecule has 1 saturated heterocycles. The van der Waals surface area contributed by atoms with E-state index in [-0.39, 0.29) is 5.41 Å². The molecule has 0 atom stereocenters. The van der Waals surface area contributed by atoms with Gasteiger partial charge in [-0.1, -0.05) is 32.0 Å². The fraction of sp³-hybridized carbons (Fsp3) is 0.560. The summed E-state index contributed by atoms with van der Waals surface area (Å²) in [6, 6.07) is 12.7. The number of fused-ring (bicyclic) bond motifs is 2. The van der Waals surface area contributed by atoms with Gasteiger partial charge in [-0.2, -0.15) is 0 Å². The third-order valence-corrected chi connectivity index (χ3v) is 6.40. The molecule has 3 heterocycles. The Bertz CT molecular complexity index is 831. The second-order valence-electron chi connectivity index (χ2n) is 9.58. The number of hydrogen-bond acceptors (Lipinski definition) is 5. The van der Waals surface area contributed by atoms with Gasteiger partial charge in [0.25, 0.3) is 0 Å². The van der Waals surface area contributed by atoms with E-state index in [1.165, 1.54) is 32.4 Å². The summed E-state index contributed by atoms with van der Waals surface area (Å²) in [4.78, 5) is 9.68. The Balaban J connectivity index is 1.64. The average Bonchev–Trinajstić information content (AvgIpc) is 2.74. The van der Waals surface area contributed by atoms with Gasteiger partial charge in [0.15, 0.2) is 11.5 Å². The van der Waals surface area contributed by atoms with Crippen LogP contribution >= 0.6 is 0 Å². The molecule has 162 valence electrons. The fourth-order valence-corrected chi connectivity index (χ4v) is 4.47. The molecule has 0 aliphatic carbocycles. The van der Waals surface area contributed by atoms with Crippen LogP contribution in [0.3, 0.4) is 0 Å². The zero-order valence-corrected chi connectivity index (χ0v) is 18.6. The third kappa shape index (κ3) is 5.32. The topological polar surface area (TPSA) is 37.8 Å². The number of piperidine rings is 1. The minimum absolute atomic E-state index is 0.116. The summed E-state index contributed by atoms with van der Waals surface area (Å²) >= 11 is 0. The SMILES string of the molecule is CN1CCC(N2CCCC(C)(C)COc3ccccc3Oc3ncccc3C2)CC1. The second kappa shape index (κ2) is 9.36. The van der Waals surface area contributed by atoms with Crippen molar-refractivity contribution in [3.63, 3.8) is 0 Å². The number of rotatable bonds is 1. The van der Waals surface area contributed by atoms with Crippen molar-refractivity contribution in [3.05, 3.63) is 48.2 Å². The smallest absolute Gasteiger partial charge is 0.223 e. The van der Waals surface area contributed by atoms with Gasteiger partial charge in [0.2, 0.25) is 5.88 Å². The van der Waals surface area contributed by atoms with Crippen LogP contribution in [0.1, 0.15) is 45.1 Å². The molecule has 0 radical (unpaired) electrons. The minimum atomic E-state index is 0.116. The first-order chi connectivity index (χ1) is 14.5. The molecule has 5 nitrogen and oxygen atoms in total. The Hall–Kier alpha value is -2.11. The zero-order chi connectivity index (χ0) is 21.0. The van der Waals surface area contributed by atoms with Crippen LogP contribution in [-0.2, 0) is 6.54 Å². The Kier molecular flexibility index (Phi) is 6.59. The molecule has 0 unspecified atom stereocenters. The first-order valence-electron chi connectivity index (χ1n) is 11.3. The van der Waals surface area contributed by atoms with E-state index in [1.54, 1.807) is 0 Å². The van der Waals surface area contributed by atoms with Gasteiger partial charge >= 0.3 is 0 Å². The minimum Gasteiger partial charge on any atom is -0.489 e. The molecule has 0 bridgehead atoms. The summed E-state index contributed by atoms with van der Waals surface area (Å²) < 4.78 is 12.5. The number of ether oxygens (including phenoxy) is 2. The van der Waals surface area contributed by atoms with E-state index in [0.29, 0.717) is 18.5 Å². The monoisotopic (exact) mass is 409 g/mol. The molecule has 30 heavy (non-hydrogen) atoms. The number of pyridine rings is 1. The van der Waals surface area contributed by atoms with E-state index in [2.05, 4.69) is 41.7 Å². The van der Waals surface area contributed by atoms with Crippen molar-refractivity contribution in [2.75, 3.05) is 33.3 Å². The summed E-state index contributed by atoms with van der Waals surface area (Å²) in [5.74, 6) is 2.21. The van der Waals surface area contributed by atoms with Crippen LogP contribution in [0.15, 0.2) is 42.6 Å². The molecule has 1 aromatic heterocycles. The normalized spacial score (nSPS) is 21.7. The molecule has 5 heteroatoms. The molecule has 0 saturated carbocycles. The van der Waals surface area contributed by atoms with Gasteiger partial charge in [0.1, 0.15) is 0 Å². The maximum atomic E-state index is 6.31. The van der Waals surface area contributed by atoms with E-state index >= 15 is 0 Å². The summed E-state index contributed by atoms with van der Waals surface area (Å²) in [5, 5.41) is 0. The lowest BCUT2D eigenvalue weighted by Gasteiger charge is -2.38. The van der Waals surface area contributed by atoms with E-state index in [4.69, 9.17) is 9.47 Å². The van der Waals surface area contributed by atoms with Crippen LogP contribution in [0.4, 0.5) is 0 Å². The summed E-state index contributed by atoms with van der Waals surface area (Å²) in [6.07, 6.45) is 6.56. The van der Waals surface area contributed by atoms with E-state index < -0.39 is 0 Å². The zero-order valence-electron chi connectivity index (χ0n) is 18.6. The summed E-state index contributed by atoms with van der Waals surface area (Å²) in [7, 11) is 2.23. The van der Waals surface area contributed by atoms with Gasteiger partial charge in [-0.3, -0.25) is 4.90 Å². The van der Waals surface area contributed by atoms with Crippen LogP contribution in [0.25, 0.3) is 0 Å². The number of aromatic nitrogens is 1. The molecular formula is C25H35N3O2. The summed E-state index contributed by atoms with van der Waals surface area (Å²) in [6.45, 7) is 9.59. The predicted octanol–water partition coefficient (Wildman–Crippen LogP) is 4.97. The van der Waals surface area contributed by atoms with Gasteiger partial charge in [-0.15, -0.1) is 0 Å². The maximum absolute atomic E-state index is 6.31. The lowest BCUT2D eigenvalue weighted by Crippen LogP contribution is -2.44. The first kappa shape index (κ1) is 21.1. The molecule has 2 aromatic rings. The number of para-hydroxylation sites is 2. The van der Waals surface area contributed by atoms with Gasteiger partial charge in [0, 0.05) is 24.3 Å². The maximum Gasteiger partial charge on any atom is 0.223 e. The standard InChI is InChI=1S/C25H35N3O2/c1-25(2)13-7-15-28(21-11-16-27(3)17-12-21)18-20-8-6-14-26-24(20)30-23-10-5-4-9-22(23)29-19-25/h4-6,8-10,14,21H,7,11-13,15-19H2,1-3H3. The van der Waals surface area contributed by atoms with Gasteiger partial charge in [-0.25, -0.2) is 4.98 Å². The molecule has 2 aliphatic rings. The van der Waals surface area contributed by atoms with Crippen molar-refractivity contribution >= 4 is 0 Å². The van der Waals surface area contributed by atoms with Crippen LogP contribution in [0.5, 0.6) is 17.4 Å².